The third-order valence-electron chi connectivity index (χ3n) is 3.13. The van der Waals surface area contributed by atoms with Crippen molar-refractivity contribution in [2.75, 3.05) is 6.79 Å². The Balaban J connectivity index is 2.23. The molecule has 92 valence electrons. The summed E-state index contributed by atoms with van der Waals surface area (Å²) >= 11 is 0. The van der Waals surface area contributed by atoms with E-state index in [9.17, 15) is 13.2 Å². The van der Waals surface area contributed by atoms with Gasteiger partial charge < -0.3 is 15.2 Å². The number of hydrogen-bond acceptors (Lipinski definition) is 3. The lowest BCUT2D eigenvalue weighted by molar-refractivity contribution is -0.138. The van der Waals surface area contributed by atoms with Crippen LogP contribution in [0.1, 0.15) is 24.0 Å². The molecule has 3 nitrogen and oxygen atoms in total. The zero-order valence-electron chi connectivity index (χ0n) is 8.80. The highest BCUT2D eigenvalue weighted by Gasteiger charge is 2.50. The summed E-state index contributed by atoms with van der Waals surface area (Å²) in [5.74, 6) is 0.490. The Morgan fingerprint density at radius 1 is 1.18 bits per heavy atom. The van der Waals surface area contributed by atoms with Crippen molar-refractivity contribution >= 4 is 0 Å². The third kappa shape index (κ3) is 1.55. The minimum atomic E-state index is -4.43. The molecule has 0 unspecified atom stereocenters. The molecule has 0 aromatic heterocycles. The minimum absolute atomic E-state index is 0.0417. The summed E-state index contributed by atoms with van der Waals surface area (Å²) in [7, 11) is 0. The van der Waals surface area contributed by atoms with Crippen LogP contribution in [0.5, 0.6) is 11.5 Å². The first kappa shape index (κ1) is 10.7. The van der Waals surface area contributed by atoms with E-state index >= 15 is 0 Å². The Bertz CT molecular complexity index is 480. The Morgan fingerprint density at radius 2 is 1.88 bits per heavy atom. The van der Waals surface area contributed by atoms with E-state index in [0.717, 1.165) is 6.07 Å². The van der Waals surface area contributed by atoms with Crippen LogP contribution in [0, 0.1) is 0 Å². The molecule has 1 fully saturated rings. The van der Waals surface area contributed by atoms with Gasteiger partial charge in [0.1, 0.15) is 0 Å². The van der Waals surface area contributed by atoms with Gasteiger partial charge in [-0.05, 0) is 25.0 Å². The van der Waals surface area contributed by atoms with Gasteiger partial charge >= 0.3 is 6.18 Å². The van der Waals surface area contributed by atoms with Crippen molar-refractivity contribution in [3.05, 3.63) is 23.3 Å². The maximum atomic E-state index is 12.9. The predicted octanol–water partition coefficient (Wildman–Crippen LogP) is 2.38. The van der Waals surface area contributed by atoms with Crippen molar-refractivity contribution in [2.24, 2.45) is 5.73 Å². The molecular weight excluding hydrogens is 235 g/mol. The fraction of sp³-hybridized carbons (Fsp3) is 0.455. The highest BCUT2D eigenvalue weighted by molar-refractivity contribution is 5.57. The lowest BCUT2D eigenvalue weighted by atomic mass is 9.97. The number of halogens is 3. The van der Waals surface area contributed by atoms with Gasteiger partial charge in [0.15, 0.2) is 11.5 Å². The smallest absolute Gasteiger partial charge is 0.416 e. The molecule has 0 spiro atoms. The van der Waals surface area contributed by atoms with Gasteiger partial charge in [-0.15, -0.1) is 0 Å². The Morgan fingerprint density at radius 3 is 2.47 bits per heavy atom. The summed E-state index contributed by atoms with van der Waals surface area (Å²) in [6.45, 7) is -0.0558. The van der Waals surface area contributed by atoms with Crippen molar-refractivity contribution in [3.8, 4) is 11.5 Å². The Kier molecular flexibility index (Phi) is 1.93. The van der Waals surface area contributed by atoms with E-state index in [1.165, 1.54) is 6.07 Å². The lowest BCUT2D eigenvalue weighted by Crippen LogP contribution is -2.24. The zero-order valence-corrected chi connectivity index (χ0v) is 8.80. The predicted molar refractivity (Wildman–Crippen MR) is 52.7 cm³/mol. The molecule has 2 N–H and O–H groups in total. The largest absolute Gasteiger partial charge is 0.454 e. The van der Waals surface area contributed by atoms with E-state index < -0.39 is 17.3 Å². The zero-order chi connectivity index (χ0) is 12.3. The van der Waals surface area contributed by atoms with Crippen molar-refractivity contribution < 1.29 is 22.6 Å². The van der Waals surface area contributed by atoms with E-state index in [1.807, 2.05) is 0 Å². The summed E-state index contributed by atoms with van der Waals surface area (Å²) in [5, 5.41) is 0. The summed E-state index contributed by atoms with van der Waals surface area (Å²) in [6, 6.07) is 2.29. The maximum Gasteiger partial charge on any atom is 0.416 e. The third-order valence-corrected chi connectivity index (χ3v) is 3.13. The SMILES string of the molecule is NC1(c2c(C(F)(F)F)ccc3c2OCO3)CC1. The second-order valence-electron chi connectivity index (χ2n) is 4.38. The van der Waals surface area contributed by atoms with Crippen molar-refractivity contribution in [2.45, 2.75) is 24.6 Å². The summed E-state index contributed by atoms with van der Waals surface area (Å²) in [4.78, 5) is 0. The van der Waals surface area contributed by atoms with Crippen LogP contribution < -0.4 is 15.2 Å². The van der Waals surface area contributed by atoms with E-state index in [4.69, 9.17) is 15.2 Å². The molecule has 17 heavy (non-hydrogen) atoms. The molecule has 0 bridgehead atoms. The lowest BCUT2D eigenvalue weighted by Gasteiger charge is -2.19. The van der Waals surface area contributed by atoms with Crippen molar-refractivity contribution in [1.29, 1.82) is 0 Å². The molecule has 1 heterocycles. The molecule has 3 rings (SSSR count). The highest BCUT2D eigenvalue weighted by atomic mass is 19.4. The van der Waals surface area contributed by atoms with E-state index in [2.05, 4.69) is 0 Å². The van der Waals surface area contributed by atoms with E-state index in [0.29, 0.717) is 18.6 Å². The van der Waals surface area contributed by atoms with Crippen LogP contribution in [0.2, 0.25) is 0 Å². The number of benzene rings is 1. The number of alkyl halides is 3. The van der Waals surface area contributed by atoms with Gasteiger partial charge in [0.2, 0.25) is 6.79 Å². The Hall–Kier alpha value is -1.43. The van der Waals surface area contributed by atoms with Gasteiger partial charge in [-0.25, -0.2) is 0 Å². The molecule has 1 aliphatic carbocycles. The molecule has 0 atom stereocenters. The number of nitrogens with two attached hydrogens (primary N) is 1. The normalized spacial score (nSPS) is 20.5. The highest BCUT2D eigenvalue weighted by Crippen LogP contribution is 2.54. The number of ether oxygens (including phenoxy) is 2. The van der Waals surface area contributed by atoms with Gasteiger partial charge in [-0.1, -0.05) is 0 Å². The summed E-state index contributed by atoms with van der Waals surface area (Å²) in [6.07, 6.45) is -3.35. The molecule has 1 saturated carbocycles. The fourth-order valence-electron chi connectivity index (χ4n) is 2.09. The second-order valence-corrected chi connectivity index (χ2v) is 4.38. The first-order valence-corrected chi connectivity index (χ1v) is 5.21. The van der Waals surface area contributed by atoms with Crippen LogP contribution >= 0.6 is 0 Å². The van der Waals surface area contributed by atoms with Crippen LogP contribution in [0.15, 0.2) is 12.1 Å². The number of rotatable bonds is 1. The van der Waals surface area contributed by atoms with Crippen LogP contribution in [-0.2, 0) is 11.7 Å². The molecule has 0 amide bonds. The first-order chi connectivity index (χ1) is 7.92. The molecule has 0 radical (unpaired) electrons. The van der Waals surface area contributed by atoms with Gasteiger partial charge in [0.25, 0.3) is 0 Å². The van der Waals surface area contributed by atoms with Gasteiger partial charge in [-0.3, -0.25) is 0 Å². The standard InChI is InChI=1S/C11H10F3NO2/c12-11(13,14)6-1-2-7-9(17-5-16-7)8(6)10(15)3-4-10/h1-2H,3-5,15H2. The average Bonchev–Trinajstić information content (AvgIpc) is 2.81. The minimum Gasteiger partial charge on any atom is -0.454 e. The van der Waals surface area contributed by atoms with Crippen molar-refractivity contribution in [1.82, 2.24) is 0 Å². The van der Waals surface area contributed by atoms with Crippen LogP contribution in [0.3, 0.4) is 0 Å². The molecule has 1 aliphatic heterocycles. The fourth-order valence-corrected chi connectivity index (χ4v) is 2.09. The molecular formula is C11H10F3NO2. The van der Waals surface area contributed by atoms with E-state index in [-0.39, 0.29) is 18.1 Å². The van der Waals surface area contributed by atoms with Gasteiger partial charge in [0.05, 0.1) is 5.56 Å². The first-order valence-electron chi connectivity index (χ1n) is 5.21. The maximum absolute atomic E-state index is 12.9. The molecule has 1 aromatic carbocycles. The Labute approximate surface area is 95.3 Å². The van der Waals surface area contributed by atoms with Crippen molar-refractivity contribution in [3.63, 3.8) is 0 Å². The van der Waals surface area contributed by atoms with Gasteiger partial charge in [0, 0.05) is 11.1 Å². The quantitative estimate of drug-likeness (QED) is 0.826. The summed E-state index contributed by atoms with van der Waals surface area (Å²) < 4.78 is 49.0. The molecule has 1 aromatic rings. The molecule has 6 heteroatoms. The second kappa shape index (κ2) is 3.07. The topological polar surface area (TPSA) is 44.5 Å². The number of fused-ring (bicyclic) bond motifs is 1. The summed E-state index contributed by atoms with van der Waals surface area (Å²) in [5.41, 5.74) is 4.31. The number of hydrogen-bond donors (Lipinski definition) is 1. The van der Waals surface area contributed by atoms with Crippen LogP contribution in [0.4, 0.5) is 13.2 Å². The molecule has 0 saturated heterocycles. The average molecular weight is 245 g/mol. The van der Waals surface area contributed by atoms with E-state index in [1.54, 1.807) is 0 Å². The van der Waals surface area contributed by atoms with Gasteiger partial charge in [-0.2, -0.15) is 13.2 Å². The van der Waals surface area contributed by atoms with Crippen LogP contribution in [-0.4, -0.2) is 6.79 Å². The molecule has 2 aliphatic rings. The van der Waals surface area contributed by atoms with Crippen LogP contribution in [0.25, 0.3) is 0 Å². The monoisotopic (exact) mass is 245 g/mol.